The minimum atomic E-state index is -0.784. The van der Waals surface area contributed by atoms with Crippen molar-refractivity contribution in [3.05, 3.63) is 28.8 Å². The quantitative estimate of drug-likeness (QED) is 0.897. The van der Waals surface area contributed by atoms with E-state index >= 15 is 0 Å². The maximum atomic E-state index is 10.9. The van der Waals surface area contributed by atoms with Crippen LogP contribution in [0.15, 0.2) is 12.1 Å². The minimum absolute atomic E-state index is 0.0327. The molecule has 0 aliphatic rings. The summed E-state index contributed by atoms with van der Waals surface area (Å²) in [5.41, 5.74) is 3.21. The molecule has 0 saturated heterocycles. The van der Waals surface area contributed by atoms with Crippen molar-refractivity contribution in [3.8, 4) is 5.75 Å². The molecule has 3 heteroatoms. The van der Waals surface area contributed by atoms with Gasteiger partial charge in [0, 0.05) is 5.56 Å². The van der Waals surface area contributed by atoms with E-state index in [9.17, 15) is 4.79 Å². The summed E-state index contributed by atoms with van der Waals surface area (Å²) in [7, 11) is 1.65. The highest BCUT2D eigenvalue weighted by molar-refractivity contribution is 5.68. The van der Waals surface area contributed by atoms with Crippen molar-refractivity contribution < 1.29 is 14.6 Å². The Labute approximate surface area is 115 Å². The fourth-order valence-electron chi connectivity index (χ4n) is 2.32. The lowest BCUT2D eigenvalue weighted by molar-refractivity contribution is -0.137. The molecule has 1 aromatic carbocycles. The van der Waals surface area contributed by atoms with Crippen molar-refractivity contribution in [2.45, 2.75) is 52.4 Å². The maximum Gasteiger partial charge on any atom is 0.303 e. The summed E-state index contributed by atoms with van der Waals surface area (Å²) >= 11 is 0. The van der Waals surface area contributed by atoms with Crippen molar-refractivity contribution in [2.75, 3.05) is 7.11 Å². The number of methoxy groups -OCH3 is 1. The molecule has 1 unspecified atom stereocenters. The van der Waals surface area contributed by atoms with Crippen LogP contribution in [-0.4, -0.2) is 18.2 Å². The Balaban J connectivity index is 3.39. The number of ether oxygens (including phenoxy) is 1. The molecule has 0 bridgehead atoms. The highest BCUT2D eigenvalue weighted by atomic mass is 16.5. The Bertz CT molecular complexity index is 470. The van der Waals surface area contributed by atoms with Crippen LogP contribution >= 0.6 is 0 Å². The zero-order valence-corrected chi connectivity index (χ0v) is 12.7. The molecular weight excluding hydrogens is 240 g/mol. The average molecular weight is 264 g/mol. The van der Waals surface area contributed by atoms with E-state index in [-0.39, 0.29) is 17.8 Å². The van der Waals surface area contributed by atoms with E-state index in [1.807, 2.05) is 19.9 Å². The topological polar surface area (TPSA) is 46.5 Å². The Kier molecular flexibility index (Phi) is 4.61. The minimum Gasteiger partial charge on any atom is -0.496 e. The van der Waals surface area contributed by atoms with Crippen LogP contribution in [-0.2, 0) is 10.2 Å². The van der Waals surface area contributed by atoms with Crippen LogP contribution in [0.25, 0.3) is 0 Å². The second kappa shape index (κ2) is 5.64. The summed E-state index contributed by atoms with van der Waals surface area (Å²) in [4.78, 5) is 10.9. The van der Waals surface area contributed by atoms with E-state index in [1.54, 1.807) is 7.11 Å². The maximum absolute atomic E-state index is 10.9. The summed E-state index contributed by atoms with van der Waals surface area (Å²) in [5, 5.41) is 8.97. The average Bonchev–Trinajstić information content (AvgIpc) is 2.25. The van der Waals surface area contributed by atoms with Crippen LogP contribution in [0, 0.1) is 6.92 Å². The molecule has 0 aliphatic heterocycles. The number of carboxylic acid groups (broad SMARTS) is 1. The molecule has 1 N–H and O–H groups in total. The first kappa shape index (κ1) is 15.5. The third-order valence-corrected chi connectivity index (χ3v) is 3.29. The van der Waals surface area contributed by atoms with Crippen LogP contribution in [0.1, 0.15) is 56.7 Å². The Morgan fingerprint density at radius 3 is 2.37 bits per heavy atom. The molecule has 3 nitrogen and oxygen atoms in total. The molecule has 1 rings (SSSR count). The zero-order chi connectivity index (χ0) is 14.8. The SMILES string of the molecule is COc1c(C(C)CC(=O)O)cc(C)cc1C(C)(C)C. The van der Waals surface area contributed by atoms with Gasteiger partial charge in [0.25, 0.3) is 0 Å². The van der Waals surface area contributed by atoms with Crippen LogP contribution in [0.3, 0.4) is 0 Å². The molecule has 1 aromatic rings. The number of hydrogen-bond acceptors (Lipinski definition) is 2. The van der Waals surface area contributed by atoms with Crippen molar-refractivity contribution in [3.63, 3.8) is 0 Å². The number of aliphatic carboxylic acids is 1. The summed E-state index contributed by atoms with van der Waals surface area (Å²) in [6.45, 7) is 10.4. The molecular formula is C16H24O3. The Morgan fingerprint density at radius 2 is 1.95 bits per heavy atom. The van der Waals surface area contributed by atoms with Crippen LogP contribution in [0.4, 0.5) is 0 Å². The third kappa shape index (κ3) is 3.72. The van der Waals surface area contributed by atoms with Gasteiger partial charge in [-0.15, -0.1) is 0 Å². The first-order chi connectivity index (χ1) is 8.66. The van der Waals surface area contributed by atoms with Gasteiger partial charge in [-0.1, -0.05) is 45.4 Å². The first-order valence-electron chi connectivity index (χ1n) is 6.57. The van der Waals surface area contributed by atoms with Crippen LogP contribution in [0.2, 0.25) is 0 Å². The van der Waals surface area contributed by atoms with Crippen LogP contribution < -0.4 is 4.74 Å². The van der Waals surface area contributed by atoms with E-state index < -0.39 is 5.97 Å². The molecule has 0 aliphatic carbocycles. The fourth-order valence-corrected chi connectivity index (χ4v) is 2.32. The third-order valence-electron chi connectivity index (χ3n) is 3.29. The molecule has 19 heavy (non-hydrogen) atoms. The van der Waals surface area contributed by atoms with E-state index in [4.69, 9.17) is 9.84 Å². The molecule has 0 saturated carbocycles. The lowest BCUT2D eigenvalue weighted by Gasteiger charge is -2.26. The fraction of sp³-hybridized carbons (Fsp3) is 0.562. The molecule has 0 fully saturated rings. The van der Waals surface area contributed by atoms with Gasteiger partial charge in [0.1, 0.15) is 5.75 Å². The number of rotatable bonds is 4. The van der Waals surface area contributed by atoms with Gasteiger partial charge in [-0.3, -0.25) is 4.79 Å². The summed E-state index contributed by atoms with van der Waals surface area (Å²) in [6.07, 6.45) is 0.114. The molecule has 0 amide bonds. The highest BCUT2D eigenvalue weighted by Crippen LogP contribution is 2.39. The van der Waals surface area contributed by atoms with Gasteiger partial charge in [0.05, 0.1) is 13.5 Å². The van der Waals surface area contributed by atoms with E-state index in [2.05, 4.69) is 26.8 Å². The number of hydrogen-bond donors (Lipinski definition) is 1. The van der Waals surface area contributed by atoms with E-state index in [0.29, 0.717) is 0 Å². The Hall–Kier alpha value is -1.51. The zero-order valence-electron chi connectivity index (χ0n) is 12.7. The van der Waals surface area contributed by atoms with Crippen molar-refractivity contribution in [2.24, 2.45) is 0 Å². The van der Waals surface area contributed by atoms with Crippen molar-refractivity contribution in [1.29, 1.82) is 0 Å². The van der Waals surface area contributed by atoms with Crippen LogP contribution in [0.5, 0.6) is 5.75 Å². The van der Waals surface area contributed by atoms with E-state index in [1.165, 1.54) is 0 Å². The van der Waals surface area contributed by atoms with Gasteiger partial charge in [0.15, 0.2) is 0 Å². The second-order valence-corrected chi connectivity index (χ2v) is 6.18. The smallest absolute Gasteiger partial charge is 0.303 e. The Morgan fingerprint density at radius 1 is 1.37 bits per heavy atom. The monoisotopic (exact) mass is 264 g/mol. The van der Waals surface area contributed by atoms with Gasteiger partial charge in [-0.2, -0.15) is 0 Å². The first-order valence-corrected chi connectivity index (χ1v) is 6.57. The number of benzene rings is 1. The second-order valence-electron chi connectivity index (χ2n) is 6.18. The predicted molar refractivity (Wildman–Crippen MR) is 77.1 cm³/mol. The summed E-state index contributed by atoms with van der Waals surface area (Å²) in [5.74, 6) is -0.0198. The lowest BCUT2D eigenvalue weighted by atomic mass is 9.82. The molecule has 0 spiro atoms. The predicted octanol–water partition coefficient (Wildman–Crippen LogP) is 3.88. The molecule has 106 valence electrons. The molecule has 0 heterocycles. The van der Waals surface area contributed by atoms with Gasteiger partial charge < -0.3 is 9.84 Å². The highest BCUT2D eigenvalue weighted by Gasteiger charge is 2.24. The summed E-state index contributed by atoms with van der Waals surface area (Å²) < 4.78 is 5.57. The van der Waals surface area contributed by atoms with Crippen molar-refractivity contribution in [1.82, 2.24) is 0 Å². The summed E-state index contributed by atoms with van der Waals surface area (Å²) in [6, 6.07) is 4.15. The van der Waals surface area contributed by atoms with Gasteiger partial charge in [-0.25, -0.2) is 0 Å². The lowest BCUT2D eigenvalue weighted by Crippen LogP contribution is -2.15. The van der Waals surface area contributed by atoms with E-state index in [0.717, 1.165) is 22.4 Å². The van der Waals surface area contributed by atoms with Gasteiger partial charge in [-0.05, 0) is 23.8 Å². The number of carbonyl (C=O) groups is 1. The standard InChI is InChI=1S/C16H24O3/c1-10-7-12(11(2)9-14(17)18)15(19-6)13(8-10)16(3,4)5/h7-8,11H,9H2,1-6H3,(H,17,18). The number of carboxylic acids is 1. The molecule has 1 atom stereocenters. The number of aryl methyl sites for hydroxylation is 1. The normalized spacial score (nSPS) is 13.2. The van der Waals surface area contributed by atoms with Gasteiger partial charge >= 0.3 is 5.97 Å². The largest absolute Gasteiger partial charge is 0.496 e. The molecule has 0 aromatic heterocycles. The molecule has 0 radical (unpaired) electrons. The van der Waals surface area contributed by atoms with Gasteiger partial charge in [0.2, 0.25) is 0 Å². The van der Waals surface area contributed by atoms with Crippen molar-refractivity contribution >= 4 is 5.97 Å².